The molecule has 0 aliphatic carbocycles. The molecule has 0 unspecified atom stereocenters. The lowest BCUT2D eigenvalue weighted by Gasteiger charge is -2.10. The van der Waals surface area contributed by atoms with Gasteiger partial charge in [0.25, 0.3) is 0 Å². The summed E-state index contributed by atoms with van der Waals surface area (Å²) in [5.74, 6) is -0.484. The number of nitrogens with zero attached hydrogens (tertiary/aromatic N) is 1. The lowest BCUT2D eigenvalue weighted by Crippen LogP contribution is -2.29. The van der Waals surface area contributed by atoms with Crippen LogP contribution in [0.3, 0.4) is 0 Å². The Hall–Kier alpha value is -0.550. The van der Waals surface area contributed by atoms with E-state index in [2.05, 4.69) is 17.1 Å². The zero-order chi connectivity index (χ0) is 8.15. The second-order valence-electron chi connectivity index (χ2n) is 1.40. The average Bonchev–Trinajstić information content (AvgIpc) is 1.87. The van der Waals surface area contributed by atoms with Gasteiger partial charge in [-0.25, -0.2) is 4.79 Å². The minimum absolute atomic E-state index is 0.191. The fourth-order valence-corrected chi connectivity index (χ4v) is 0.313. The van der Waals surface area contributed by atoms with E-state index in [1.165, 1.54) is 0 Å². The van der Waals surface area contributed by atoms with E-state index in [1.807, 2.05) is 0 Å². The molecule has 0 saturated heterocycles. The maximum absolute atomic E-state index is 10.5. The molecule has 0 aromatic carbocycles. The van der Waals surface area contributed by atoms with Gasteiger partial charge in [0.15, 0.2) is 0 Å². The summed E-state index contributed by atoms with van der Waals surface area (Å²) in [4.78, 5) is 14.8. The number of hydrogen-bond acceptors (Lipinski definition) is 3. The van der Waals surface area contributed by atoms with Gasteiger partial charge in [-0.2, -0.15) is 0 Å². The largest absolute Gasteiger partial charge is 0.372 e. The van der Waals surface area contributed by atoms with Crippen LogP contribution in [0.25, 0.3) is 0 Å². The molecule has 0 saturated carbocycles. The zero-order valence-electron chi connectivity index (χ0n) is 5.33. The third kappa shape index (κ3) is 3.47. The maximum atomic E-state index is 10.5. The van der Waals surface area contributed by atoms with Crippen LogP contribution in [0.5, 0.6) is 0 Å². The van der Waals surface area contributed by atoms with E-state index in [-0.39, 0.29) is 11.5 Å². The molecule has 0 atom stereocenters. The van der Waals surface area contributed by atoms with E-state index in [9.17, 15) is 4.79 Å². The van der Waals surface area contributed by atoms with E-state index in [1.54, 1.807) is 6.92 Å². The topological polar surface area (TPSA) is 55.6 Å². The van der Waals surface area contributed by atoms with Crippen LogP contribution in [-0.4, -0.2) is 15.7 Å². The molecule has 2 N–H and O–H groups in total. The highest BCUT2D eigenvalue weighted by Crippen LogP contribution is 1.96. The number of hydrogen-bond donors (Lipinski definition) is 1. The highest BCUT2D eigenvalue weighted by atomic mass is 35.5. The minimum atomic E-state index is -0.484. The highest BCUT2D eigenvalue weighted by Gasteiger charge is 2.07. The van der Waals surface area contributed by atoms with Gasteiger partial charge in [-0.1, -0.05) is 11.5 Å². The normalized spacial score (nSPS) is 8.60. The fraction of sp³-hybridized carbons (Fsp3) is 0.500. The maximum Gasteiger partial charge on any atom is 0.334 e. The molecule has 0 fully saturated rings. The summed E-state index contributed by atoms with van der Waals surface area (Å²) in [6, 6.07) is 0. The molecule has 0 rings (SSSR count). The Bertz CT molecular complexity index is 152. The van der Waals surface area contributed by atoms with Crippen LogP contribution in [0.2, 0.25) is 0 Å². The quantitative estimate of drug-likeness (QED) is 0.365. The second-order valence-corrected chi connectivity index (χ2v) is 2.13. The predicted octanol–water partition coefficient (Wildman–Crippen LogP) is 0.554. The van der Waals surface area contributed by atoms with Gasteiger partial charge in [-0.3, -0.25) is 0 Å². The van der Waals surface area contributed by atoms with Crippen molar-refractivity contribution in [2.24, 2.45) is 5.73 Å². The van der Waals surface area contributed by atoms with Crippen molar-refractivity contribution in [3.05, 3.63) is 0 Å². The van der Waals surface area contributed by atoms with Gasteiger partial charge in [0.05, 0.1) is 11.8 Å². The van der Waals surface area contributed by atoms with Crippen LogP contribution in [0.4, 0.5) is 0 Å². The van der Waals surface area contributed by atoms with Crippen LogP contribution in [0, 0.1) is 0 Å². The van der Waals surface area contributed by atoms with Crippen molar-refractivity contribution in [2.45, 2.75) is 13.3 Å². The monoisotopic (exact) mass is 182 g/mol. The van der Waals surface area contributed by atoms with Crippen molar-refractivity contribution in [3.63, 3.8) is 0 Å². The van der Waals surface area contributed by atoms with Gasteiger partial charge in [0.1, 0.15) is 0 Å². The summed E-state index contributed by atoms with van der Waals surface area (Å²) < 4.78 is 0.529. The molecule has 0 heterocycles. The first-order valence-corrected chi connectivity index (χ1v) is 3.28. The summed E-state index contributed by atoms with van der Waals surface area (Å²) in [5.41, 5.74) is 4.99. The Morgan fingerprint density at radius 2 is 2.40 bits per heavy atom. The molecule has 0 bridgehead atoms. The number of hydroxylamine groups is 1. The van der Waals surface area contributed by atoms with Gasteiger partial charge in [0.2, 0.25) is 5.11 Å². The third-order valence-electron chi connectivity index (χ3n) is 0.644. The smallest absolute Gasteiger partial charge is 0.334 e. The van der Waals surface area contributed by atoms with Crippen molar-refractivity contribution < 1.29 is 9.63 Å². The molecule has 4 nitrogen and oxygen atoms in total. The van der Waals surface area contributed by atoms with Crippen LogP contribution in [0.15, 0.2) is 0 Å². The standard InChI is InChI=1S/C4H7ClN2O2S/c1-2-3(8)9-7(5)4(6)10/h2H2,1H3,(H2,6,10). The Morgan fingerprint density at radius 3 is 2.70 bits per heavy atom. The molecular weight excluding hydrogens is 176 g/mol. The molecule has 6 heteroatoms. The number of nitrogens with two attached hydrogens (primary N) is 1. The third-order valence-corrected chi connectivity index (χ3v) is 1.16. The summed E-state index contributed by atoms with van der Waals surface area (Å²) >= 11 is 9.59. The minimum Gasteiger partial charge on any atom is -0.372 e. The predicted molar refractivity (Wildman–Crippen MR) is 40.9 cm³/mol. The number of thiocarbonyl (C=S) groups is 1. The number of halogens is 1. The number of carbonyl (C=O) groups is 1. The lowest BCUT2D eigenvalue weighted by atomic mass is 10.5. The Morgan fingerprint density at radius 1 is 1.90 bits per heavy atom. The van der Waals surface area contributed by atoms with Crippen molar-refractivity contribution in [3.8, 4) is 0 Å². The van der Waals surface area contributed by atoms with Gasteiger partial charge in [0, 0.05) is 6.42 Å². The van der Waals surface area contributed by atoms with Gasteiger partial charge < -0.3 is 10.6 Å². The van der Waals surface area contributed by atoms with E-state index in [0.717, 1.165) is 0 Å². The summed E-state index contributed by atoms with van der Waals surface area (Å²) in [6.45, 7) is 1.63. The highest BCUT2D eigenvalue weighted by molar-refractivity contribution is 7.80. The molecule has 0 radical (unpaired) electrons. The van der Waals surface area contributed by atoms with E-state index < -0.39 is 5.97 Å². The Balaban J connectivity index is 3.68. The molecule has 0 aliphatic rings. The molecule has 10 heavy (non-hydrogen) atoms. The first kappa shape index (κ1) is 9.45. The van der Waals surface area contributed by atoms with Crippen molar-refractivity contribution >= 4 is 35.1 Å². The van der Waals surface area contributed by atoms with Gasteiger partial charge >= 0.3 is 5.97 Å². The zero-order valence-corrected chi connectivity index (χ0v) is 6.91. The molecule has 0 spiro atoms. The molecule has 0 aromatic rings. The summed E-state index contributed by atoms with van der Waals surface area (Å²) in [7, 11) is 0. The van der Waals surface area contributed by atoms with Crippen LogP contribution >= 0.6 is 24.0 Å². The summed E-state index contributed by atoms with van der Waals surface area (Å²) in [5, 5.41) is -0.191. The average molecular weight is 183 g/mol. The van der Waals surface area contributed by atoms with Crippen LogP contribution in [0.1, 0.15) is 13.3 Å². The fourth-order valence-electron chi connectivity index (χ4n) is 0.199. The van der Waals surface area contributed by atoms with E-state index in [0.29, 0.717) is 4.58 Å². The van der Waals surface area contributed by atoms with Gasteiger partial charge in [-0.05, 0) is 12.2 Å². The van der Waals surface area contributed by atoms with Crippen molar-refractivity contribution in [1.82, 2.24) is 4.58 Å². The van der Waals surface area contributed by atoms with Crippen LogP contribution in [-0.2, 0) is 9.63 Å². The van der Waals surface area contributed by atoms with E-state index >= 15 is 0 Å². The summed E-state index contributed by atoms with van der Waals surface area (Å²) in [6.07, 6.45) is 0.228. The first-order chi connectivity index (χ1) is 4.57. The molecule has 58 valence electrons. The Kier molecular flexibility index (Phi) is 4.06. The Labute approximate surface area is 68.9 Å². The number of rotatable bonds is 1. The first-order valence-electron chi connectivity index (χ1n) is 2.54. The number of carbonyl (C=O) groups excluding carboxylic acids is 1. The lowest BCUT2D eigenvalue weighted by molar-refractivity contribution is -0.159. The molecule has 0 aromatic heterocycles. The molecule has 0 aliphatic heterocycles. The van der Waals surface area contributed by atoms with Crippen molar-refractivity contribution in [1.29, 1.82) is 0 Å². The molecule has 0 amide bonds. The SMILES string of the molecule is CCC(=O)ON(Cl)C(N)=S. The molecular formula is C4H7ClN2O2S. The van der Waals surface area contributed by atoms with Gasteiger partial charge in [-0.15, -0.1) is 0 Å². The van der Waals surface area contributed by atoms with Crippen LogP contribution < -0.4 is 5.73 Å². The van der Waals surface area contributed by atoms with Crippen molar-refractivity contribution in [2.75, 3.05) is 0 Å². The van der Waals surface area contributed by atoms with E-state index in [4.69, 9.17) is 17.5 Å². The second kappa shape index (κ2) is 4.29.